The number of nitrogen functional groups attached to an aromatic ring is 1. The van der Waals surface area contributed by atoms with Gasteiger partial charge in [0.15, 0.2) is 11.0 Å². The number of hydrogen-bond acceptors (Lipinski definition) is 8. The minimum absolute atomic E-state index is 0.246. The maximum Gasteiger partial charge on any atom is 0.277 e. The number of rotatable bonds is 2. The van der Waals surface area contributed by atoms with Gasteiger partial charge in [-0.3, -0.25) is 9.80 Å². The van der Waals surface area contributed by atoms with Crippen LogP contribution in [0, 0.1) is 0 Å². The Balaban J connectivity index is 1.61. The average Bonchev–Trinajstić information content (AvgIpc) is 3.08. The summed E-state index contributed by atoms with van der Waals surface area (Å²) >= 11 is 1.38. The second kappa shape index (κ2) is 4.26. The maximum absolute atomic E-state index is 5.62. The summed E-state index contributed by atoms with van der Waals surface area (Å²) < 4.78 is 5.31. The molecule has 2 N–H and O–H groups in total. The predicted molar refractivity (Wildman–Crippen MR) is 70.6 cm³/mol. The van der Waals surface area contributed by atoms with Crippen LogP contribution < -0.4 is 5.73 Å². The summed E-state index contributed by atoms with van der Waals surface area (Å²) in [6, 6.07) is 0.246. The SMILES string of the molecule is Nc1nc(-c2nc(C3CN4CCN3CC4)no2)cs1. The van der Waals surface area contributed by atoms with Gasteiger partial charge >= 0.3 is 0 Å². The molecule has 3 aliphatic rings. The van der Waals surface area contributed by atoms with E-state index in [1.807, 2.05) is 5.38 Å². The van der Waals surface area contributed by atoms with E-state index in [1.54, 1.807) is 0 Å². The van der Waals surface area contributed by atoms with E-state index in [0.717, 1.165) is 38.5 Å². The van der Waals surface area contributed by atoms with Gasteiger partial charge in [-0.05, 0) is 0 Å². The molecule has 0 amide bonds. The van der Waals surface area contributed by atoms with Crippen molar-refractivity contribution in [1.82, 2.24) is 24.9 Å². The smallest absolute Gasteiger partial charge is 0.277 e. The van der Waals surface area contributed by atoms with Crippen LogP contribution in [0.1, 0.15) is 11.9 Å². The largest absolute Gasteiger partial charge is 0.375 e. The van der Waals surface area contributed by atoms with Crippen LogP contribution in [0.15, 0.2) is 9.90 Å². The van der Waals surface area contributed by atoms with E-state index in [1.165, 1.54) is 11.3 Å². The molecule has 1 atom stereocenters. The fourth-order valence-electron chi connectivity index (χ4n) is 2.72. The normalized spacial score (nSPS) is 29.8. The summed E-state index contributed by atoms with van der Waals surface area (Å²) in [5.74, 6) is 1.21. The molecular formula is C11H14N6OS. The van der Waals surface area contributed by atoms with Crippen molar-refractivity contribution in [2.75, 3.05) is 38.5 Å². The van der Waals surface area contributed by atoms with Crippen LogP contribution in [0.25, 0.3) is 11.6 Å². The van der Waals surface area contributed by atoms with Gasteiger partial charge in [-0.2, -0.15) is 4.98 Å². The topological polar surface area (TPSA) is 84.3 Å². The molecule has 2 aromatic rings. The van der Waals surface area contributed by atoms with Gasteiger partial charge in [-0.1, -0.05) is 5.16 Å². The van der Waals surface area contributed by atoms with Gasteiger partial charge in [0.1, 0.15) is 5.69 Å². The zero-order valence-electron chi connectivity index (χ0n) is 10.3. The number of aromatic nitrogens is 3. The van der Waals surface area contributed by atoms with Gasteiger partial charge in [0.05, 0.1) is 6.04 Å². The van der Waals surface area contributed by atoms with Gasteiger partial charge in [0.25, 0.3) is 5.89 Å². The molecule has 0 spiro atoms. The number of piperazine rings is 3. The second-order valence-corrected chi connectivity index (χ2v) is 5.77. The second-order valence-electron chi connectivity index (χ2n) is 4.88. The zero-order valence-corrected chi connectivity index (χ0v) is 11.1. The van der Waals surface area contributed by atoms with Crippen LogP contribution in [0.3, 0.4) is 0 Å². The van der Waals surface area contributed by atoms with E-state index in [9.17, 15) is 0 Å². The van der Waals surface area contributed by atoms with Crippen molar-refractivity contribution in [3.05, 3.63) is 11.2 Å². The minimum atomic E-state index is 0.246. The summed E-state index contributed by atoms with van der Waals surface area (Å²) in [4.78, 5) is 13.5. The molecule has 0 saturated carbocycles. The van der Waals surface area contributed by atoms with Crippen molar-refractivity contribution in [2.24, 2.45) is 0 Å². The van der Waals surface area contributed by atoms with Gasteiger partial charge in [-0.25, -0.2) is 4.98 Å². The lowest BCUT2D eigenvalue weighted by molar-refractivity contribution is 0.00781. The Kier molecular flexibility index (Phi) is 2.54. The third-order valence-electron chi connectivity index (χ3n) is 3.76. The Morgan fingerprint density at radius 3 is 2.74 bits per heavy atom. The fraction of sp³-hybridized carbons (Fsp3) is 0.545. The number of fused-ring (bicyclic) bond motifs is 3. The fourth-order valence-corrected chi connectivity index (χ4v) is 3.26. The van der Waals surface area contributed by atoms with Crippen molar-refractivity contribution < 1.29 is 4.52 Å². The molecule has 7 nitrogen and oxygen atoms in total. The summed E-state index contributed by atoms with van der Waals surface area (Å²) in [6.45, 7) is 5.43. The van der Waals surface area contributed by atoms with E-state index >= 15 is 0 Å². The molecule has 100 valence electrons. The Hall–Kier alpha value is -1.51. The molecule has 5 rings (SSSR count). The number of hydrogen-bond donors (Lipinski definition) is 1. The van der Waals surface area contributed by atoms with Crippen molar-refractivity contribution in [3.63, 3.8) is 0 Å². The molecule has 19 heavy (non-hydrogen) atoms. The molecule has 0 aromatic carbocycles. The standard InChI is InChI=1S/C11H14N6OS/c12-11-13-7(6-19-11)10-14-9(15-18-10)8-5-16-1-3-17(8)4-2-16/h6,8H,1-5H2,(H2,12,13). The van der Waals surface area contributed by atoms with Gasteiger partial charge in [0, 0.05) is 38.1 Å². The first kappa shape index (κ1) is 11.3. The highest BCUT2D eigenvalue weighted by Crippen LogP contribution is 2.29. The summed E-state index contributed by atoms with van der Waals surface area (Å²) in [5, 5.41) is 6.47. The lowest BCUT2D eigenvalue weighted by atomic mass is 10.1. The molecule has 2 aromatic heterocycles. The monoisotopic (exact) mass is 278 g/mol. The van der Waals surface area contributed by atoms with Crippen LogP contribution in [-0.2, 0) is 0 Å². The number of nitrogens with two attached hydrogens (primary N) is 1. The molecule has 0 aliphatic carbocycles. The van der Waals surface area contributed by atoms with Crippen LogP contribution in [0.2, 0.25) is 0 Å². The Labute approximate surface area is 114 Å². The average molecular weight is 278 g/mol. The Morgan fingerprint density at radius 2 is 2.11 bits per heavy atom. The van der Waals surface area contributed by atoms with Crippen molar-refractivity contribution in [2.45, 2.75) is 6.04 Å². The molecule has 1 unspecified atom stereocenters. The van der Waals surface area contributed by atoms with Gasteiger partial charge in [0.2, 0.25) is 0 Å². The van der Waals surface area contributed by atoms with Gasteiger partial charge in [-0.15, -0.1) is 11.3 Å². The first-order valence-electron chi connectivity index (χ1n) is 6.31. The summed E-state index contributed by atoms with van der Waals surface area (Å²) in [7, 11) is 0. The Bertz CT molecular complexity index is 588. The molecule has 3 aliphatic heterocycles. The number of anilines is 1. The molecule has 3 saturated heterocycles. The number of thiazole rings is 1. The first-order valence-corrected chi connectivity index (χ1v) is 7.19. The molecule has 3 fully saturated rings. The number of nitrogens with zero attached hydrogens (tertiary/aromatic N) is 5. The van der Waals surface area contributed by atoms with Crippen LogP contribution in [0.5, 0.6) is 0 Å². The highest BCUT2D eigenvalue weighted by Gasteiger charge is 2.35. The lowest BCUT2D eigenvalue weighted by Gasteiger charge is -2.46. The van der Waals surface area contributed by atoms with Gasteiger partial charge < -0.3 is 10.3 Å². The molecule has 2 bridgehead atoms. The van der Waals surface area contributed by atoms with E-state index in [0.29, 0.717) is 16.7 Å². The van der Waals surface area contributed by atoms with Crippen LogP contribution in [-0.4, -0.2) is 57.6 Å². The minimum Gasteiger partial charge on any atom is -0.375 e. The first-order chi connectivity index (χ1) is 9.29. The summed E-state index contributed by atoms with van der Waals surface area (Å²) in [6.07, 6.45) is 0. The molecular weight excluding hydrogens is 264 g/mol. The zero-order chi connectivity index (χ0) is 12.8. The summed E-state index contributed by atoms with van der Waals surface area (Å²) in [5.41, 5.74) is 6.28. The predicted octanol–water partition coefficient (Wildman–Crippen LogP) is 0.448. The highest BCUT2D eigenvalue weighted by molar-refractivity contribution is 7.13. The van der Waals surface area contributed by atoms with Crippen LogP contribution in [0.4, 0.5) is 5.13 Å². The third-order valence-corrected chi connectivity index (χ3v) is 4.43. The Morgan fingerprint density at radius 1 is 1.26 bits per heavy atom. The van der Waals surface area contributed by atoms with Crippen molar-refractivity contribution >= 4 is 16.5 Å². The van der Waals surface area contributed by atoms with E-state index in [-0.39, 0.29) is 6.04 Å². The third kappa shape index (κ3) is 1.92. The molecule has 0 radical (unpaired) electrons. The van der Waals surface area contributed by atoms with Crippen molar-refractivity contribution in [3.8, 4) is 11.6 Å². The van der Waals surface area contributed by atoms with E-state index < -0.39 is 0 Å². The van der Waals surface area contributed by atoms with Crippen molar-refractivity contribution in [1.29, 1.82) is 0 Å². The van der Waals surface area contributed by atoms with E-state index in [2.05, 4.69) is 24.9 Å². The molecule has 5 heterocycles. The highest BCUT2D eigenvalue weighted by atomic mass is 32.1. The van der Waals surface area contributed by atoms with E-state index in [4.69, 9.17) is 10.3 Å². The quantitative estimate of drug-likeness (QED) is 0.853. The van der Waals surface area contributed by atoms with Crippen LogP contribution >= 0.6 is 11.3 Å². The lowest BCUT2D eigenvalue weighted by Crippen LogP contribution is -2.57. The molecule has 8 heteroatoms. The maximum atomic E-state index is 5.62.